The van der Waals surface area contributed by atoms with Crippen LogP contribution in [0, 0.1) is 0 Å². The first-order chi connectivity index (χ1) is 13.8. The maximum Gasteiger partial charge on any atom is 0.167 e. The van der Waals surface area contributed by atoms with Gasteiger partial charge in [-0.1, -0.05) is 66.1 Å². The lowest BCUT2D eigenvalue weighted by Gasteiger charge is -2.37. The smallest absolute Gasteiger partial charge is 0.167 e. The molecule has 6 heteroatoms. The lowest BCUT2D eigenvalue weighted by Crippen LogP contribution is -2.43. The first kappa shape index (κ1) is 20.3. The van der Waals surface area contributed by atoms with E-state index in [2.05, 4.69) is 19.2 Å². The van der Waals surface area contributed by atoms with Crippen molar-refractivity contribution >= 4 is 62.6 Å². The van der Waals surface area contributed by atoms with Crippen LogP contribution in [0.5, 0.6) is 5.75 Å². The highest BCUT2D eigenvalue weighted by Crippen LogP contribution is 2.58. The van der Waals surface area contributed by atoms with Crippen LogP contribution in [0.15, 0.2) is 57.7 Å². The van der Waals surface area contributed by atoms with E-state index in [4.69, 9.17) is 17.0 Å². The number of anilines is 1. The summed E-state index contributed by atoms with van der Waals surface area (Å²) in [5.41, 5.74) is 3.73. The Balaban J connectivity index is 1.89. The van der Waals surface area contributed by atoms with Crippen molar-refractivity contribution in [3.63, 3.8) is 0 Å². The maximum absolute atomic E-state index is 12.4. The largest absolute Gasteiger partial charge is 0.497 e. The predicted octanol–water partition coefficient (Wildman–Crippen LogP) is 6.38. The van der Waals surface area contributed by atoms with Crippen molar-refractivity contribution in [1.82, 2.24) is 0 Å². The van der Waals surface area contributed by atoms with Gasteiger partial charge in [0.15, 0.2) is 5.78 Å². The van der Waals surface area contributed by atoms with Crippen LogP contribution in [0.3, 0.4) is 0 Å². The van der Waals surface area contributed by atoms with Crippen molar-refractivity contribution in [2.24, 2.45) is 0 Å². The number of hydrogen-bond donors (Lipinski definition) is 1. The molecule has 0 radical (unpaired) electrons. The number of nitrogens with one attached hydrogen (secondary N) is 1. The van der Waals surface area contributed by atoms with Gasteiger partial charge in [-0.3, -0.25) is 4.79 Å². The Hall–Kier alpha value is -2.02. The summed E-state index contributed by atoms with van der Waals surface area (Å²) in [6.07, 6.45) is 0. The van der Waals surface area contributed by atoms with Crippen LogP contribution in [-0.4, -0.2) is 23.3 Å². The average molecular weight is 440 g/mol. The number of rotatable bonds is 3. The van der Waals surface area contributed by atoms with E-state index in [-0.39, 0.29) is 11.3 Å². The molecule has 0 unspecified atom stereocenters. The van der Waals surface area contributed by atoms with Crippen LogP contribution in [-0.2, 0) is 4.79 Å². The van der Waals surface area contributed by atoms with E-state index in [1.54, 1.807) is 25.8 Å². The third kappa shape index (κ3) is 3.65. The SMILES string of the molecule is COc1ccc2c(c1)C(=C1SC(C(C)=O)=C(c3ccccc3)S1)C(=S)C(C)(C)N2. The Morgan fingerprint density at radius 3 is 2.48 bits per heavy atom. The van der Waals surface area contributed by atoms with Gasteiger partial charge in [0.1, 0.15) is 5.75 Å². The van der Waals surface area contributed by atoms with Crippen molar-refractivity contribution in [3.05, 3.63) is 68.8 Å². The number of fused-ring (bicyclic) bond motifs is 1. The van der Waals surface area contributed by atoms with Gasteiger partial charge in [0.2, 0.25) is 0 Å². The first-order valence-electron chi connectivity index (χ1n) is 9.24. The number of methoxy groups -OCH3 is 1. The fraction of sp³-hybridized carbons (Fsp3) is 0.217. The van der Waals surface area contributed by atoms with Gasteiger partial charge in [-0.25, -0.2) is 0 Å². The number of thiocarbonyl (C=S) groups is 1. The van der Waals surface area contributed by atoms with Gasteiger partial charge in [0, 0.05) is 26.6 Å². The predicted molar refractivity (Wildman–Crippen MR) is 129 cm³/mol. The number of allylic oxidation sites excluding steroid dienone is 1. The van der Waals surface area contributed by atoms with E-state index >= 15 is 0 Å². The van der Waals surface area contributed by atoms with E-state index in [0.29, 0.717) is 0 Å². The molecule has 2 aliphatic heterocycles. The summed E-state index contributed by atoms with van der Waals surface area (Å²) in [5, 5.41) is 3.54. The third-order valence-electron chi connectivity index (χ3n) is 4.89. The number of carbonyl (C=O) groups excluding carboxylic acids is 1. The molecule has 0 spiro atoms. The zero-order valence-electron chi connectivity index (χ0n) is 16.7. The highest BCUT2D eigenvalue weighted by molar-refractivity contribution is 8.32. The Morgan fingerprint density at radius 2 is 1.83 bits per heavy atom. The van der Waals surface area contributed by atoms with E-state index < -0.39 is 0 Å². The van der Waals surface area contributed by atoms with Gasteiger partial charge in [-0.15, -0.1) is 0 Å². The van der Waals surface area contributed by atoms with Gasteiger partial charge in [-0.05, 0) is 44.5 Å². The molecule has 4 rings (SSSR count). The van der Waals surface area contributed by atoms with Crippen LogP contribution in [0.4, 0.5) is 5.69 Å². The standard InChI is InChI=1S/C23H21NO2S3/c1-13(25)19-20(14-8-6-5-7-9-14)29-22(28-19)18-16-12-15(26-4)10-11-17(16)24-23(2,3)21(18)27/h5-12,24H,1-4H3. The molecular formula is C23H21NO2S3. The normalized spacial score (nSPS) is 20.3. The Kier molecular flexibility index (Phi) is 5.36. The molecular weight excluding hydrogens is 418 g/mol. The molecule has 0 aromatic heterocycles. The average Bonchev–Trinajstić information content (AvgIpc) is 3.14. The van der Waals surface area contributed by atoms with Crippen LogP contribution >= 0.6 is 35.7 Å². The van der Waals surface area contributed by atoms with E-state index in [1.807, 2.05) is 48.5 Å². The summed E-state index contributed by atoms with van der Waals surface area (Å²) in [6, 6.07) is 16.0. The molecule has 148 valence electrons. The number of hydrogen-bond acceptors (Lipinski definition) is 6. The van der Waals surface area contributed by atoms with Crippen LogP contribution in [0.25, 0.3) is 10.5 Å². The van der Waals surface area contributed by atoms with E-state index in [1.165, 1.54) is 11.8 Å². The molecule has 2 aromatic carbocycles. The second-order valence-corrected chi connectivity index (χ2v) is 10.1. The summed E-state index contributed by atoms with van der Waals surface area (Å²) >= 11 is 9.08. The molecule has 0 aliphatic carbocycles. The number of ketones is 1. The zero-order chi connectivity index (χ0) is 20.8. The fourth-order valence-electron chi connectivity index (χ4n) is 3.41. The van der Waals surface area contributed by atoms with E-state index in [9.17, 15) is 4.79 Å². The zero-order valence-corrected chi connectivity index (χ0v) is 19.1. The maximum atomic E-state index is 12.4. The molecule has 2 heterocycles. The number of ether oxygens (including phenoxy) is 1. The topological polar surface area (TPSA) is 38.3 Å². The summed E-state index contributed by atoms with van der Waals surface area (Å²) in [6.45, 7) is 5.80. The molecule has 1 N–H and O–H groups in total. The van der Waals surface area contributed by atoms with Crippen molar-refractivity contribution in [2.75, 3.05) is 12.4 Å². The molecule has 0 atom stereocenters. The molecule has 0 saturated carbocycles. The van der Waals surface area contributed by atoms with Crippen molar-refractivity contribution in [2.45, 2.75) is 26.3 Å². The molecule has 0 bridgehead atoms. The molecule has 0 amide bonds. The Morgan fingerprint density at radius 1 is 1.10 bits per heavy atom. The Bertz CT molecular complexity index is 1080. The number of benzene rings is 2. The summed E-state index contributed by atoms with van der Waals surface area (Å²) < 4.78 is 6.50. The van der Waals surface area contributed by atoms with Crippen LogP contribution < -0.4 is 10.1 Å². The molecule has 0 saturated heterocycles. The number of carbonyl (C=O) groups is 1. The summed E-state index contributed by atoms with van der Waals surface area (Å²) in [4.78, 5) is 15.0. The Labute approximate surface area is 185 Å². The molecule has 0 fully saturated rings. The minimum Gasteiger partial charge on any atom is -0.497 e. The monoisotopic (exact) mass is 439 g/mol. The van der Waals surface area contributed by atoms with Crippen LogP contribution in [0.2, 0.25) is 0 Å². The summed E-state index contributed by atoms with van der Waals surface area (Å²) in [7, 11) is 1.66. The van der Waals surface area contributed by atoms with Gasteiger partial charge >= 0.3 is 0 Å². The lowest BCUT2D eigenvalue weighted by atomic mass is 9.85. The third-order valence-corrected chi connectivity index (χ3v) is 8.36. The van der Waals surface area contributed by atoms with Gasteiger partial charge < -0.3 is 10.1 Å². The number of Topliss-reactive ketones (excluding diaryl/α,β-unsaturated/α-hetero) is 1. The van der Waals surface area contributed by atoms with Crippen molar-refractivity contribution in [3.8, 4) is 5.75 Å². The second kappa shape index (κ2) is 7.67. The van der Waals surface area contributed by atoms with Crippen LogP contribution in [0.1, 0.15) is 31.9 Å². The van der Waals surface area contributed by atoms with Gasteiger partial charge in [0.05, 0.1) is 21.8 Å². The highest BCUT2D eigenvalue weighted by Gasteiger charge is 2.38. The fourth-order valence-corrected chi connectivity index (χ4v) is 6.56. The summed E-state index contributed by atoms with van der Waals surface area (Å²) in [5.74, 6) is 0.851. The molecule has 3 nitrogen and oxygen atoms in total. The van der Waals surface area contributed by atoms with Crippen molar-refractivity contribution in [1.29, 1.82) is 0 Å². The molecule has 2 aliphatic rings. The van der Waals surface area contributed by atoms with Gasteiger partial charge in [-0.2, -0.15) is 0 Å². The minimum absolute atomic E-state index is 0.0712. The number of thioether (sulfide) groups is 2. The second-order valence-electron chi connectivity index (χ2n) is 7.44. The van der Waals surface area contributed by atoms with Gasteiger partial charge in [0.25, 0.3) is 0 Å². The lowest BCUT2D eigenvalue weighted by molar-refractivity contribution is -0.112. The highest BCUT2D eigenvalue weighted by atomic mass is 32.2. The quantitative estimate of drug-likeness (QED) is 0.442. The first-order valence-corrected chi connectivity index (χ1v) is 11.3. The van der Waals surface area contributed by atoms with E-state index in [0.717, 1.165) is 47.0 Å². The minimum atomic E-state index is -0.369. The van der Waals surface area contributed by atoms with Crippen molar-refractivity contribution < 1.29 is 9.53 Å². The molecule has 29 heavy (non-hydrogen) atoms. The molecule has 2 aromatic rings.